The fraction of sp³-hybridized carbons (Fsp3) is 0.765. The van der Waals surface area contributed by atoms with Crippen molar-refractivity contribution in [2.45, 2.75) is 76.2 Å². The van der Waals surface area contributed by atoms with Gasteiger partial charge in [0.05, 0.1) is 25.3 Å². The van der Waals surface area contributed by atoms with Gasteiger partial charge in [0, 0.05) is 17.2 Å². The molecule has 2 aliphatic carbocycles. The van der Waals surface area contributed by atoms with Crippen LogP contribution in [0.4, 0.5) is 0 Å². The molecule has 1 aromatic rings. The van der Waals surface area contributed by atoms with Gasteiger partial charge in [0.15, 0.2) is 0 Å². The van der Waals surface area contributed by atoms with Gasteiger partial charge in [-0.3, -0.25) is 9.48 Å². The molecule has 22 heavy (non-hydrogen) atoms. The second-order valence-corrected chi connectivity index (χ2v) is 6.71. The minimum Gasteiger partial charge on any atom is -0.481 e. The van der Waals surface area contributed by atoms with Gasteiger partial charge in [0.2, 0.25) is 0 Å². The summed E-state index contributed by atoms with van der Waals surface area (Å²) in [6.45, 7) is 0.608. The Labute approximate surface area is 131 Å². The van der Waals surface area contributed by atoms with Gasteiger partial charge in [-0.2, -0.15) is 5.10 Å². The first-order valence-electron chi connectivity index (χ1n) is 8.62. The van der Waals surface area contributed by atoms with Gasteiger partial charge in [0.1, 0.15) is 0 Å². The predicted molar refractivity (Wildman–Crippen MR) is 83.1 cm³/mol. The average molecular weight is 306 g/mol. The molecule has 0 saturated heterocycles. The van der Waals surface area contributed by atoms with Crippen molar-refractivity contribution in [2.24, 2.45) is 0 Å². The van der Waals surface area contributed by atoms with Crippen LogP contribution in [0.5, 0.6) is 0 Å². The van der Waals surface area contributed by atoms with E-state index < -0.39 is 5.97 Å². The largest absolute Gasteiger partial charge is 0.481 e. The summed E-state index contributed by atoms with van der Waals surface area (Å²) in [5.74, 6) is -0.134. The Morgan fingerprint density at radius 3 is 2.64 bits per heavy atom. The van der Waals surface area contributed by atoms with Crippen LogP contribution < -0.4 is 0 Å². The SMILES string of the molecule is O=C(O)CC1CCCc2c1c(C1CCCCC1)nn2CCO. The molecule has 1 fully saturated rings. The van der Waals surface area contributed by atoms with Crippen LogP contribution in [0.15, 0.2) is 0 Å². The van der Waals surface area contributed by atoms with E-state index in [1.807, 2.05) is 4.68 Å². The molecule has 5 nitrogen and oxygen atoms in total. The van der Waals surface area contributed by atoms with Crippen molar-refractivity contribution in [1.29, 1.82) is 0 Å². The molecule has 0 aromatic carbocycles. The van der Waals surface area contributed by atoms with Gasteiger partial charge in [-0.25, -0.2) is 0 Å². The van der Waals surface area contributed by atoms with Crippen LogP contribution in [0.2, 0.25) is 0 Å². The van der Waals surface area contributed by atoms with E-state index in [0.717, 1.165) is 25.0 Å². The zero-order chi connectivity index (χ0) is 15.5. The minimum atomic E-state index is -0.720. The second kappa shape index (κ2) is 6.82. The van der Waals surface area contributed by atoms with Gasteiger partial charge in [-0.15, -0.1) is 0 Å². The Bertz CT molecular complexity index is 532. The zero-order valence-electron chi connectivity index (χ0n) is 13.1. The Morgan fingerprint density at radius 2 is 1.95 bits per heavy atom. The van der Waals surface area contributed by atoms with Crippen LogP contribution in [0.25, 0.3) is 0 Å². The van der Waals surface area contributed by atoms with Crippen LogP contribution >= 0.6 is 0 Å². The van der Waals surface area contributed by atoms with Crippen LogP contribution in [0, 0.1) is 0 Å². The Kier molecular flexibility index (Phi) is 4.81. The predicted octanol–water partition coefficient (Wildman–Crippen LogP) is 2.82. The van der Waals surface area contributed by atoms with E-state index >= 15 is 0 Å². The van der Waals surface area contributed by atoms with Crippen molar-refractivity contribution in [1.82, 2.24) is 9.78 Å². The lowest BCUT2D eigenvalue weighted by Crippen LogP contribution is -2.17. The average Bonchev–Trinajstić information content (AvgIpc) is 2.88. The lowest BCUT2D eigenvalue weighted by Gasteiger charge is -2.26. The maximum Gasteiger partial charge on any atom is 0.303 e. The molecule has 3 rings (SSSR count). The normalized spacial score (nSPS) is 22.5. The van der Waals surface area contributed by atoms with E-state index in [-0.39, 0.29) is 18.9 Å². The number of nitrogens with zero attached hydrogens (tertiary/aromatic N) is 2. The van der Waals surface area contributed by atoms with Crippen LogP contribution in [0.3, 0.4) is 0 Å². The van der Waals surface area contributed by atoms with E-state index in [0.29, 0.717) is 12.5 Å². The molecular formula is C17H26N2O3. The van der Waals surface area contributed by atoms with Gasteiger partial charge in [-0.1, -0.05) is 19.3 Å². The standard InChI is InChI=1S/C17H26N2O3/c20-10-9-19-14-8-4-7-13(11-15(21)22)16(14)17(18-19)12-5-2-1-3-6-12/h12-13,20H,1-11H2,(H,21,22). The van der Waals surface area contributed by atoms with E-state index in [4.69, 9.17) is 5.10 Å². The molecule has 5 heteroatoms. The molecule has 1 aromatic heterocycles. The molecule has 0 aliphatic heterocycles. The Morgan fingerprint density at radius 1 is 1.18 bits per heavy atom. The lowest BCUT2D eigenvalue weighted by atomic mass is 9.78. The summed E-state index contributed by atoms with van der Waals surface area (Å²) in [7, 11) is 0. The topological polar surface area (TPSA) is 75.3 Å². The molecule has 0 amide bonds. The van der Waals surface area contributed by atoms with Gasteiger partial charge in [-0.05, 0) is 38.0 Å². The molecule has 2 aliphatic rings. The third-order valence-corrected chi connectivity index (χ3v) is 5.23. The number of carbonyl (C=O) groups is 1. The highest BCUT2D eigenvalue weighted by Crippen LogP contribution is 2.42. The van der Waals surface area contributed by atoms with E-state index in [9.17, 15) is 15.0 Å². The molecule has 122 valence electrons. The molecule has 0 bridgehead atoms. The summed E-state index contributed by atoms with van der Waals surface area (Å²) >= 11 is 0. The van der Waals surface area contributed by atoms with Crippen LogP contribution in [0.1, 0.15) is 80.2 Å². The van der Waals surface area contributed by atoms with Crippen molar-refractivity contribution in [3.63, 3.8) is 0 Å². The summed E-state index contributed by atoms with van der Waals surface area (Å²) in [5.41, 5.74) is 3.55. The maximum absolute atomic E-state index is 11.2. The first-order chi connectivity index (χ1) is 10.7. The lowest BCUT2D eigenvalue weighted by molar-refractivity contribution is -0.137. The Balaban J connectivity index is 1.98. The number of aromatic nitrogens is 2. The summed E-state index contributed by atoms with van der Waals surface area (Å²) in [5, 5.41) is 23.4. The fourth-order valence-electron chi connectivity index (χ4n) is 4.27. The second-order valence-electron chi connectivity index (χ2n) is 6.71. The van der Waals surface area contributed by atoms with Gasteiger partial charge in [0.25, 0.3) is 0 Å². The quantitative estimate of drug-likeness (QED) is 0.877. The molecule has 1 heterocycles. The maximum atomic E-state index is 11.2. The van der Waals surface area contributed by atoms with Gasteiger partial charge >= 0.3 is 5.97 Å². The first kappa shape index (κ1) is 15.5. The monoisotopic (exact) mass is 306 g/mol. The van der Waals surface area contributed by atoms with Crippen molar-refractivity contribution in [3.8, 4) is 0 Å². The van der Waals surface area contributed by atoms with E-state index in [1.165, 1.54) is 43.4 Å². The summed E-state index contributed by atoms with van der Waals surface area (Å²) in [6.07, 6.45) is 9.27. The summed E-state index contributed by atoms with van der Waals surface area (Å²) in [6, 6.07) is 0. The number of aliphatic hydroxyl groups excluding tert-OH is 1. The highest BCUT2D eigenvalue weighted by Gasteiger charge is 2.33. The third-order valence-electron chi connectivity index (χ3n) is 5.23. The van der Waals surface area contributed by atoms with Crippen LogP contribution in [-0.4, -0.2) is 32.6 Å². The molecular weight excluding hydrogens is 280 g/mol. The number of rotatable bonds is 5. The summed E-state index contributed by atoms with van der Waals surface area (Å²) in [4.78, 5) is 11.2. The molecule has 1 atom stereocenters. The highest BCUT2D eigenvalue weighted by molar-refractivity contribution is 5.68. The fourth-order valence-corrected chi connectivity index (χ4v) is 4.27. The molecule has 1 saturated carbocycles. The van der Waals surface area contributed by atoms with E-state index in [2.05, 4.69) is 0 Å². The number of fused-ring (bicyclic) bond motifs is 1. The first-order valence-corrected chi connectivity index (χ1v) is 8.62. The number of carboxylic acid groups (broad SMARTS) is 1. The molecule has 2 N–H and O–H groups in total. The summed E-state index contributed by atoms with van der Waals surface area (Å²) < 4.78 is 1.95. The number of hydrogen-bond donors (Lipinski definition) is 2. The van der Waals surface area contributed by atoms with Crippen molar-refractivity contribution in [2.75, 3.05) is 6.61 Å². The molecule has 0 radical (unpaired) electrons. The van der Waals surface area contributed by atoms with Crippen molar-refractivity contribution >= 4 is 5.97 Å². The van der Waals surface area contributed by atoms with Crippen molar-refractivity contribution in [3.05, 3.63) is 17.0 Å². The third kappa shape index (κ3) is 3.05. The van der Waals surface area contributed by atoms with Gasteiger partial charge < -0.3 is 10.2 Å². The van der Waals surface area contributed by atoms with Crippen LogP contribution in [-0.2, 0) is 17.8 Å². The van der Waals surface area contributed by atoms with E-state index in [1.54, 1.807) is 0 Å². The number of carboxylic acids is 1. The van der Waals surface area contributed by atoms with Crippen molar-refractivity contribution < 1.29 is 15.0 Å². The zero-order valence-corrected chi connectivity index (χ0v) is 13.1. The minimum absolute atomic E-state index is 0.0851. The number of hydrogen-bond acceptors (Lipinski definition) is 3. The smallest absolute Gasteiger partial charge is 0.303 e. The number of aliphatic hydroxyl groups is 1. The molecule has 1 unspecified atom stereocenters. The highest BCUT2D eigenvalue weighted by atomic mass is 16.4. The molecule has 0 spiro atoms. The Hall–Kier alpha value is -1.36. The number of aliphatic carboxylic acids is 1.